The molecule has 0 unspecified atom stereocenters. The fourth-order valence-corrected chi connectivity index (χ4v) is 2.86. The summed E-state index contributed by atoms with van der Waals surface area (Å²) in [5, 5.41) is 12.1. The summed E-state index contributed by atoms with van der Waals surface area (Å²) in [7, 11) is 1.88. The summed E-state index contributed by atoms with van der Waals surface area (Å²) < 4.78 is 0. The number of carboxylic acids is 1. The zero-order valence-corrected chi connectivity index (χ0v) is 12.0. The molecule has 7 nitrogen and oxygen atoms in total. The van der Waals surface area contributed by atoms with E-state index in [2.05, 4.69) is 5.32 Å². The van der Waals surface area contributed by atoms with Gasteiger partial charge in [-0.05, 0) is 25.9 Å². The minimum atomic E-state index is -0.809. The van der Waals surface area contributed by atoms with Crippen molar-refractivity contribution in [3.05, 3.63) is 0 Å². The van der Waals surface area contributed by atoms with Crippen LogP contribution in [0, 0.1) is 0 Å². The molecule has 2 fully saturated rings. The van der Waals surface area contributed by atoms with E-state index in [1.807, 2.05) is 21.7 Å². The molecule has 0 atom stereocenters. The minimum absolute atomic E-state index is 0.0617. The number of hydrogen-bond acceptors (Lipinski definition) is 4. The van der Waals surface area contributed by atoms with Gasteiger partial charge in [0, 0.05) is 39.3 Å². The number of nitrogens with one attached hydrogen (secondary N) is 1. The average molecular weight is 284 g/mol. The molecule has 0 aromatic heterocycles. The van der Waals surface area contributed by atoms with Crippen molar-refractivity contribution in [1.29, 1.82) is 0 Å². The van der Waals surface area contributed by atoms with Crippen molar-refractivity contribution in [1.82, 2.24) is 20.0 Å². The third-order valence-electron chi connectivity index (χ3n) is 4.16. The Labute approximate surface area is 119 Å². The van der Waals surface area contributed by atoms with Crippen LogP contribution in [0.2, 0.25) is 0 Å². The van der Waals surface area contributed by atoms with E-state index in [0.29, 0.717) is 32.2 Å². The van der Waals surface area contributed by atoms with Crippen LogP contribution in [0.5, 0.6) is 0 Å². The first-order chi connectivity index (χ1) is 9.58. The number of carbonyl (C=O) groups is 2. The molecule has 2 heterocycles. The van der Waals surface area contributed by atoms with Crippen LogP contribution in [0.4, 0.5) is 4.79 Å². The Hall–Kier alpha value is -1.34. The third-order valence-corrected chi connectivity index (χ3v) is 4.16. The second-order valence-electron chi connectivity index (χ2n) is 5.53. The highest BCUT2D eigenvalue weighted by molar-refractivity contribution is 5.74. The molecule has 0 bridgehead atoms. The quantitative estimate of drug-likeness (QED) is 0.730. The van der Waals surface area contributed by atoms with Crippen LogP contribution < -0.4 is 5.32 Å². The van der Waals surface area contributed by atoms with E-state index in [1.165, 1.54) is 0 Å². The number of piperidine rings is 1. The highest BCUT2D eigenvalue weighted by Gasteiger charge is 2.28. The topological polar surface area (TPSA) is 76.1 Å². The summed E-state index contributed by atoms with van der Waals surface area (Å²) in [6.07, 6.45) is 2.00. The molecule has 2 saturated heterocycles. The van der Waals surface area contributed by atoms with Crippen LogP contribution in [0.15, 0.2) is 0 Å². The highest BCUT2D eigenvalue weighted by Crippen LogP contribution is 2.13. The highest BCUT2D eigenvalue weighted by atomic mass is 16.4. The SMILES string of the molecule is CN(C(=O)N1CCN(CC(=O)O)CC1)C1CCNCC1. The molecule has 7 heteroatoms. The Morgan fingerprint density at radius 2 is 1.80 bits per heavy atom. The van der Waals surface area contributed by atoms with E-state index in [0.717, 1.165) is 25.9 Å². The molecule has 2 amide bonds. The Kier molecular flexibility index (Phi) is 5.19. The Morgan fingerprint density at radius 1 is 1.20 bits per heavy atom. The molecule has 0 spiro atoms. The summed E-state index contributed by atoms with van der Waals surface area (Å²) in [5.41, 5.74) is 0. The third kappa shape index (κ3) is 3.83. The molecule has 2 rings (SSSR count). The normalized spacial score (nSPS) is 21.8. The van der Waals surface area contributed by atoms with Crippen LogP contribution in [0.1, 0.15) is 12.8 Å². The molecule has 20 heavy (non-hydrogen) atoms. The van der Waals surface area contributed by atoms with E-state index in [4.69, 9.17) is 5.11 Å². The van der Waals surface area contributed by atoms with Crippen LogP contribution in [-0.4, -0.2) is 90.7 Å². The number of hydrogen-bond donors (Lipinski definition) is 2. The zero-order valence-electron chi connectivity index (χ0n) is 12.0. The Morgan fingerprint density at radius 3 is 2.35 bits per heavy atom. The lowest BCUT2D eigenvalue weighted by Gasteiger charge is -2.39. The number of amides is 2. The molecular weight excluding hydrogens is 260 g/mol. The van der Waals surface area contributed by atoms with Gasteiger partial charge in [0.1, 0.15) is 0 Å². The van der Waals surface area contributed by atoms with E-state index in [9.17, 15) is 9.59 Å². The molecule has 2 aliphatic rings. The number of aliphatic carboxylic acids is 1. The van der Waals surface area contributed by atoms with Crippen molar-refractivity contribution in [3.63, 3.8) is 0 Å². The Bertz CT molecular complexity index is 350. The largest absolute Gasteiger partial charge is 0.480 e. The first kappa shape index (κ1) is 15.1. The summed E-state index contributed by atoms with van der Waals surface area (Å²) in [5.74, 6) is -0.809. The molecule has 2 aliphatic heterocycles. The second kappa shape index (κ2) is 6.90. The van der Waals surface area contributed by atoms with Crippen LogP contribution in [0.25, 0.3) is 0 Å². The van der Waals surface area contributed by atoms with Gasteiger partial charge in [0.2, 0.25) is 0 Å². The molecule has 0 saturated carbocycles. The first-order valence-corrected chi connectivity index (χ1v) is 7.24. The van der Waals surface area contributed by atoms with Crippen molar-refractivity contribution < 1.29 is 14.7 Å². The van der Waals surface area contributed by atoms with Gasteiger partial charge in [-0.2, -0.15) is 0 Å². The fraction of sp³-hybridized carbons (Fsp3) is 0.846. The predicted octanol–water partition coefficient (Wildman–Crippen LogP) is -0.508. The van der Waals surface area contributed by atoms with Gasteiger partial charge < -0.3 is 20.2 Å². The van der Waals surface area contributed by atoms with Crippen molar-refractivity contribution in [2.45, 2.75) is 18.9 Å². The van der Waals surface area contributed by atoms with Gasteiger partial charge in [-0.25, -0.2) is 4.79 Å². The Balaban J connectivity index is 1.80. The molecule has 0 aliphatic carbocycles. The first-order valence-electron chi connectivity index (χ1n) is 7.24. The predicted molar refractivity (Wildman–Crippen MR) is 74.7 cm³/mol. The molecular formula is C13H24N4O3. The van der Waals surface area contributed by atoms with Crippen molar-refractivity contribution in [2.75, 3.05) is 52.9 Å². The van der Waals surface area contributed by atoms with E-state index < -0.39 is 5.97 Å². The maximum absolute atomic E-state index is 12.4. The van der Waals surface area contributed by atoms with Gasteiger partial charge >= 0.3 is 12.0 Å². The van der Waals surface area contributed by atoms with Crippen molar-refractivity contribution in [3.8, 4) is 0 Å². The van der Waals surface area contributed by atoms with Crippen molar-refractivity contribution in [2.24, 2.45) is 0 Å². The standard InChI is InChI=1S/C13H24N4O3/c1-15(11-2-4-14-5-3-11)13(20)17-8-6-16(7-9-17)10-12(18)19/h11,14H,2-10H2,1H3,(H,18,19). The lowest BCUT2D eigenvalue weighted by atomic mass is 10.1. The summed E-state index contributed by atoms with van der Waals surface area (Å²) >= 11 is 0. The number of nitrogens with zero attached hydrogens (tertiary/aromatic N) is 3. The number of carbonyl (C=O) groups excluding carboxylic acids is 1. The van der Waals surface area contributed by atoms with Gasteiger partial charge in [-0.15, -0.1) is 0 Å². The summed E-state index contributed by atoms with van der Waals surface area (Å²) in [6.45, 7) is 4.49. The maximum Gasteiger partial charge on any atom is 0.320 e. The summed E-state index contributed by atoms with van der Waals surface area (Å²) in [4.78, 5) is 28.6. The number of carboxylic acid groups (broad SMARTS) is 1. The monoisotopic (exact) mass is 284 g/mol. The van der Waals surface area contributed by atoms with E-state index >= 15 is 0 Å². The number of rotatable bonds is 3. The minimum Gasteiger partial charge on any atom is -0.480 e. The molecule has 114 valence electrons. The zero-order chi connectivity index (χ0) is 14.5. The molecule has 2 N–H and O–H groups in total. The molecule has 0 radical (unpaired) electrons. The lowest BCUT2D eigenvalue weighted by Crippen LogP contribution is -2.55. The summed E-state index contributed by atoms with van der Waals surface area (Å²) in [6, 6.07) is 0.396. The average Bonchev–Trinajstić information content (AvgIpc) is 2.47. The molecule has 0 aromatic carbocycles. The maximum atomic E-state index is 12.4. The smallest absolute Gasteiger partial charge is 0.320 e. The van der Waals surface area contributed by atoms with Gasteiger partial charge in [-0.1, -0.05) is 0 Å². The fourth-order valence-electron chi connectivity index (χ4n) is 2.86. The van der Waals surface area contributed by atoms with Gasteiger partial charge in [0.05, 0.1) is 6.54 Å². The van der Waals surface area contributed by atoms with Crippen LogP contribution in [-0.2, 0) is 4.79 Å². The van der Waals surface area contributed by atoms with Crippen LogP contribution in [0.3, 0.4) is 0 Å². The number of piperazine rings is 1. The van der Waals surface area contributed by atoms with Gasteiger partial charge in [-0.3, -0.25) is 9.69 Å². The van der Waals surface area contributed by atoms with Gasteiger partial charge in [0.15, 0.2) is 0 Å². The lowest BCUT2D eigenvalue weighted by molar-refractivity contribution is -0.138. The molecule has 0 aromatic rings. The van der Waals surface area contributed by atoms with Crippen LogP contribution >= 0.6 is 0 Å². The second-order valence-corrected chi connectivity index (χ2v) is 5.53. The van der Waals surface area contributed by atoms with E-state index in [-0.39, 0.29) is 12.6 Å². The van der Waals surface area contributed by atoms with E-state index in [1.54, 1.807) is 0 Å². The van der Waals surface area contributed by atoms with Crippen molar-refractivity contribution >= 4 is 12.0 Å². The van der Waals surface area contributed by atoms with Gasteiger partial charge in [0.25, 0.3) is 0 Å². The number of urea groups is 1.